The minimum absolute atomic E-state index is 0.463. The van der Waals surface area contributed by atoms with Crippen LogP contribution in [-0.2, 0) is 0 Å². The van der Waals surface area contributed by atoms with Crippen LogP contribution in [0.2, 0.25) is 0 Å². The molecule has 0 amide bonds. The highest BCUT2D eigenvalue weighted by molar-refractivity contribution is 5.90. The first kappa shape index (κ1) is 5.44. The van der Waals surface area contributed by atoms with Crippen molar-refractivity contribution in [3.8, 4) is 0 Å². The molecule has 0 saturated heterocycles. The number of rotatable bonds is 1. The van der Waals surface area contributed by atoms with Crippen molar-refractivity contribution in [2.75, 3.05) is 0 Å². The monoisotopic (exact) mass is 112 g/mol. The zero-order valence-electron chi connectivity index (χ0n) is 5.13. The quantitative estimate of drug-likeness (QED) is 0.447. The van der Waals surface area contributed by atoms with Crippen molar-refractivity contribution in [2.24, 2.45) is 16.0 Å². The third-order valence-corrected chi connectivity index (χ3v) is 0.997. The summed E-state index contributed by atoms with van der Waals surface area (Å²) in [5.74, 6) is 1.40. The van der Waals surface area contributed by atoms with Crippen LogP contribution in [0.4, 0.5) is 0 Å². The number of hydrogen-bond acceptors (Lipinski definition) is 2. The summed E-state index contributed by atoms with van der Waals surface area (Å²) in [6.45, 7) is 4.16. The van der Waals surface area contributed by atoms with Crippen LogP contribution in [-0.4, -0.2) is 12.2 Å². The second kappa shape index (κ2) is 2.05. The maximum Gasteiger partial charge on any atom is 0.215 e. The molecule has 1 heterocycles. The molecule has 0 saturated carbocycles. The van der Waals surface area contributed by atoms with Crippen molar-refractivity contribution in [1.29, 1.82) is 0 Å². The van der Waals surface area contributed by atoms with Crippen LogP contribution >= 0.6 is 0 Å². The molecule has 0 aliphatic carbocycles. The first-order valence-corrected chi connectivity index (χ1v) is 2.74. The van der Waals surface area contributed by atoms with Gasteiger partial charge in [-0.15, -0.1) is 0 Å². The maximum absolute atomic E-state index is 4.00. The average molecular weight is 112 g/mol. The van der Waals surface area contributed by atoms with E-state index in [-0.39, 0.29) is 0 Å². The number of nitrogens with zero attached hydrogens (tertiary/aromatic N) is 2. The molecule has 0 aromatic carbocycles. The first-order chi connectivity index (χ1) is 3.80. The van der Waals surface area contributed by atoms with Crippen molar-refractivity contribution in [3.05, 3.63) is 0 Å². The van der Waals surface area contributed by atoms with E-state index in [4.69, 9.17) is 0 Å². The van der Waals surface area contributed by atoms with E-state index in [0.29, 0.717) is 5.92 Å². The predicted molar refractivity (Wildman–Crippen MR) is 32.7 cm³/mol. The lowest BCUT2D eigenvalue weighted by Gasteiger charge is -1.92. The van der Waals surface area contributed by atoms with Crippen LogP contribution in [0.25, 0.3) is 0 Å². The van der Waals surface area contributed by atoms with Crippen LogP contribution in [0.1, 0.15) is 13.8 Å². The van der Waals surface area contributed by atoms with Crippen molar-refractivity contribution < 1.29 is 5.43 Å². The topological polar surface area (TPSA) is 41.3 Å². The standard InChI is InChI=1S/C5H9N3/c1-4(2)5-6-3-7-8-5/h3-4H,1-2H3,(H,6,7,8)/p+1. The minimum Gasteiger partial charge on any atom is -0.180 e. The van der Waals surface area contributed by atoms with Crippen LogP contribution in [0.15, 0.2) is 10.1 Å². The highest BCUT2D eigenvalue weighted by atomic mass is 15.4. The Hall–Kier alpha value is -0.700. The Morgan fingerprint density at radius 1 is 1.62 bits per heavy atom. The van der Waals surface area contributed by atoms with E-state index < -0.39 is 0 Å². The van der Waals surface area contributed by atoms with Gasteiger partial charge in [0.1, 0.15) is 0 Å². The molecule has 1 aliphatic rings. The molecular weight excluding hydrogens is 102 g/mol. The van der Waals surface area contributed by atoms with E-state index in [0.717, 1.165) is 5.84 Å². The van der Waals surface area contributed by atoms with E-state index in [1.54, 1.807) is 11.8 Å². The Labute approximate surface area is 48.5 Å². The molecule has 3 nitrogen and oxygen atoms in total. The zero-order chi connectivity index (χ0) is 5.98. The average Bonchev–Trinajstić information content (AvgIpc) is 2.12. The third-order valence-electron chi connectivity index (χ3n) is 0.997. The molecule has 0 bridgehead atoms. The fraction of sp³-hybridized carbons (Fsp3) is 0.600. The molecule has 0 fully saturated rings. The number of quaternary nitrogens is 1. The van der Waals surface area contributed by atoms with Gasteiger partial charge >= 0.3 is 0 Å². The number of aliphatic imine (C=N–C) groups is 1. The molecule has 44 valence electrons. The molecule has 0 aromatic heterocycles. The molecule has 0 atom stereocenters. The number of nitrogens with two attached hydrogens (primary N) is 1. The lowest BCUT2D eigenvalue weighted by atomic mass is 10.2. The zero-order valence-corrected chi connectivity index (χ0v) is 5.13. The van der Waals surface area contributed by atoms with E-state index in [1.165, 1.54) is 0 Å². The van der Waals surface area contributed by atoms with Gasteiger partial charge in [-0.2, -0.15) is 10.4 Å². The largest absolute Gasteiger partial charge is 0.215 e. The van der Waals surface area contributed by atoms with Crippen LogP contribution < -0.4 is 5.43 Å². The molecule has 3 heteroatoms. The fourth-order valence-corrected chi connectivity index (χ4v) is 0.551. The lowest BCUT2D eigenvalue weighted by molar-refractivity contribution is -0.532. The molecule has 0 unspecified atom stereocenters. The minimum atomic E-state index is 0.463. The maximum atomic E-state index is 4.00. The van der Waals surface area contributed by atoms with Gasteiger partial charge in [0.15, 0.2) is 5.84 Å². The van der Waals surface area contributed by atoms with Gasteiger partial charge in [0.2, 0.25) is 6.34 Å². The molecule has 0 radical (unpaired) electrons. The van der Waals surface area contributed by atoms with E-state index in [1.807, 2.05) is 0 Å². The summed E-state index contributed by atoms with van der Waals surface area (Å²) >= 11 is 0. The molecule has 2 N–H and O–H groups in total. The van der Waals surface area contributed by atoms with Gasteiger partial charge in [-0.1, -0.05) is 18.9 Å². The van der Waals surface area contributed by atoms with Crippen LogP contribution in [0.3, 0.4) is 0 Å². The number of hydrogen-bond donors (Lipinski definition) is 1. The Kier molecular flexibility index (Phi) is 1.39. The summed E-state index contributed by atoms with van der Waals surface area (Å²) in [6.07, 6.45) is 1.72. The predicted octanol–water partition coefficient (Wildman–Crippen LogP) is -0.439. The van der Waals surface area contributed by atoms with Gasteiger partial charge in [-0.25, -0.2) is 0 Å². The van der Waals surface area contributed by atoms with Gasteiger partial charge in [-0.05, 0) is 0 Å². The van der Waals surface area contributed by atoms with Gasteiger partial charge in [0, 0.05) is 5.92 Å². The summed E-state index contributed by atoms with van der Waals surface area (Å²) < 4.78 is 0. The van der Waals surface area contributed by atoms with Crippen LogP contribution in [0, 0.1) is 5.92 Å². The molecule has 0 spiro atoms. The third kappa shape index (κ3) is 0.924. The summed E-state index contributed by atoms with van der Waals surface area (Å²) in [5, 5.41) is 4.00. The number of amidine groups is 1. The van der Waals surface area contributed by atoms with Crippen molar-refractivity contribution in [3.63, 3.8) is 0 Å². The van der Waals surface area contributed by atoms with Crippen molar-refractivity contribution in [2.45, 2.75) is 13.8 Å². The van der Waals surface area contributed by atoms with Crippen molar-refractivity contribution >= 4 is 12.2 Å². The van der Waals surface area contributed by atoms with E-state index >= 15 is 0 Å². The van der Waals surface area contributed by atoms with Crippen LogP contribution in [0.5, 0.6) is 0 Å². The highest BCUT2D eigenvalue weighted by Gasteiger charge is 2.07. The summed E-state index contributed by atoms with van der Waals surface area (Å²) in [5.41, 5.74) is 1.72. The Balaban J connectivity index is 2.58. The summed E-state index contributed by atoms with van der Waals surface area (Å²) in [7, 11) is 0. The van der Waals surface area contributed by atoms with Gasteiger partial charge < -0.3 is 0 Å². The Morgan fingerprint density at radius 2 is 2.38 bits per heavy atom. The van der Waals surface area contributed by atoms with E-state index in [2.05, 4.69) is 23.9 Å². The second-order valence-corrected chi connectivity index (χ2v) is 2.07. The van der Waals surface area contributed by atoms with Gasteiger partial charge in [-0.3, -0.25) is 0 Å². The Bertz CT molecular complexity index is 135. The summed E-state index contributed by atoms with van der Waals surface area (Å²) in [6, 6.07) is 0. The van der Waals surface area contributed by atoms with E-state index in [9.17, 15) is 0 Å². The van der Waals surface area contributed by atoms with Gasteiger partial charge in [0.05, 0.1) is 0 Å². The second-order valence-electron chi connectivity index (χ2n) is 2.07. The SMILES string of the molecule is CC(C)C1=N[NH2+]C=N1. The lowest BCUT2D eigenvalue weighted by Crippen LogP contribution is -2.74. The highest BCUT2D eigenvalue weighted by Crippen LogP contribution is 1.96. The Morgan fingerprint density at radius 3 is 2.62 bits per heavy atom. The fourth-order valence-electron chi connectivity index (χ4n) is 0.551. The first-order valence-electron chi connectivity index (χ1n) is 2.74. The summed E-state index contributed by atoms with van der Waals surface area (Å²) in [4.78, 5) is 4.00. The molecule has 0 aromatic rings. The van der Waals surface area contributed by atoms with Crippen molar-refractivity contribution in [1.82, 2.24) is 0 Å². The normalized spacial score (nSPS) is 17.6. The molecule has 8 heavy (non-hydrogen) atoms. The van der Waals surface area contributed by atoms with Gasteiger partial charge in [0.25, 0.3) is 0 Å². The molecule has 1 rings (SSSR count). The molecule has 1 aliphatic heterocycles. The smallest absolute Gasteiger partial charge is 0.180 e. The molecular formula is C5H10N3+.